The molecule has 4 bridgehead atoms. The van der Waals surface area contributed by atoms with Crippen LogP contribution < -0.4 is 5.32 Å². The SMILES string of the molecule is CC(O)CC12CC3CC(C1)C(OC(=O)N1CCC(NC(=O)OC(C)(C)C)C1)C(C3)C2I. The molecule has 8 atom stereocenters. The normalized spacial score (nSPS) is 40.0. The van der Waals surface area contributed by atoms with Crippen LogP contribution in [-0.4, -0.2) is 63.1 Å². The first-order valence-corrected chi connectivity index (χ1v) is 13.0. The molecule has 0 radical (unpaired) electrons. The van der Waals surface area contributed by atoms with E-state index in [0.717, 1.165) is 25.7 Å². The quantitative estimate of drug-likeness (QED) is 0.408. The third-order valence-electron chi connectivity index (χ3n) is 7.56. The number of likely N-dealkylation sites (tertiary alicyclic amines) is 1. The second-order valence-electron chi connectivity index (χ2n) is 11.4. The average Bonchev–Trinajstić information content (AvgIpc) is 3.08. The monoisotopic (exact) mass is 548 g/mol. The molecule has 2 amide bonds. The molecule has 5 rings (SSSR count). The molecule has 1 aliphatic heterocycles. The summed E-state index contributed by atoms with van der Waals surface area (Å²) in [4.78, 5) is 26.7. The van der Waals surface area contributed by atoms with Crippen LogP contribution in [-0.2, 0) is 9.47 Å². The number of ether oxygens (including phenoxy) is 2. The predicted molar refractivity (Wildman–Crippen MR) is 125 cm³/mol. The molecule has 8 unspecified atom stereocenters. The van der Waals surface area contributed by atoms with Gasteiger partial charge >= 0.3 is 12.2 Å². The maximum atomic E-state index is 13.0. The molecule has 1 heterocycles. The summed E-state index contributed by atoms with van der Waals surface area (Å²) in [6.45, 7) is 8.45. The molecule has 4 aliphatic carbocycles. The zero-order valence-electron chi connectivity index (χ0n) is 19.1. The van der Waals surface area contributed by atoms with Crippen molar-refractivity contribution in [1.29, 1.82) is 0 Å². The van der Waals surface area contributed by atoms with Gasteiger partial charge in [0.15, 0.2) is 0 Å². The van der Waals surface area contributed by atoms with Crippen LogP contribution in [0.1, 0.15) is 66.2 Å². The van der Waals surface area contributed by atoms with E-state index in [0.29, 0.717) is 41.2 Å². The van der Waals surface area contributed by atoms with E-state index in [1.54, 1.807) is 4.90 Å². The number of nitrogens with one attached hydrogen (secondary N) is 1. The Morgan fingerprint density at radius 3 is 2.71 bits per heavy atom. The van der Waals surface area contributed by atoms with Crippen molar-refractivity contribution in [2.45, 2.75) is 94.0 Å². The van der Waals surface area contributed by atoms with Gasteiger partial charge in [-0.3, -0.25) is 0 Å². The summed E-state index contributed by atoms with van der Waals surface area (Å²) in [6, 6.07) is -0.104. The maximum absolute atomic E-state index is 13.0. The first kappa shape index (κ1) is 23.4. The average molecular weight is 548 g/mol. The molecular formula is C23H37IN2O5. The highest BCUT2D eigenvalue weighted by Gasteiger charge is 2.61. The largest absolute Gasteiger partial charge is 0.445 e. The van der Waals surface area contributed by atoms with Crippen LogP contribution in [0.4, 0.5) is 9.59 Å². The highest BCUT2D eigenvalue weighted by atomic mass is 127. The molecular weight excluding hydrogens is 511 g/mol. The third kappa shape index (κ3) is 4.94. The summed E-state index contributed by atoms with van der Waals surface area (Å²) in [5.74, 6) is 1.50. The molecule has 7 nitrogen and oxygen atoms in total. The second kappa shape index (κ2) is 8.54. The van der Waals surface area contributed by atoms with Crippen LogP contribution in [0.3, 0.4) is 0 Å². The molecule has 31 heavy (non-hydrogen) atoms. The van der Waals surface area contributed by atoms with Gasteiger partial charge in [0.25, 0.3) is 0 Å². The van der Waals surface area contributed by atoms with Gasteiger partial charge in [0, 0.05) is 22.9 Å². The number of aliphatic hydroxyl groups excluding tert-OH is 1. The smallest absolute Gasteiger partial charge is 0.410 e. The Labute approximate surface area is 199 Å². The lowest BCUT2D eigenvalue weighted by atomic mass is 9.47. The Morgan fingerprint density at radius 2 is 2.03 bits per heavy atom. The third-order valence-corrected chi connectivity index (χ3v) is 9.80. The number of nitrogens with zero attached hydrogens (tertiary/aromatic N) is 1. The molecule has 0 aromatic carbocycles. The van der Waals surface area contributed by atoms with Crippen molar-refractivity contribution in [2.75, 3.05) is 13.1 Å². The lowest BCUT2D eigenvalue weighted by molar-refractivity contribution is -0.139. The van der Waals surface area contributed by atoms with E-state index in [1.807, 2.05) is 27.7 Å². The van der Waals surface area contributed by atoms with Crippen LogP contribution in [0.15, 0.2) is 0 Å². The van der Waals surface area contributed by atoms with Crippen molar-refractivity contribution in [3.05, 3.63) is 0 Å². The number of carbonyl (C=O) groups is 2. The van der Waals surface area contributed by atoms with Crippen molar-refractivity contribution in [1.82, 2.24) is 10.2 Å². The Morgan fingerprint density at radius 1 is 1.29 bits per heavy atom. The number of hydrogen-bond acceptors (Lipinski definition) is 5. The topological polar surface area (TPSA) is 88.1 Å². The number of alkyl carbamates (subject to hydrolysis) is 1. The van der Waals surface area contributed by atoms with E-state index in [4.69, 9.17) is 9.47 Å². The summed E-state index contributed by atoms with van der Waals surface area (Å²) in [5.41, 5.74) is -0.341. The van der Waals surface area contributed by atoms with Gasteiger partial charge in [-0.05, 0) is 83.5 Å². The summed E-state index contributed by atoms with van der Waals surface area (Å²) >= 11 is 2.57. The van der Waals surface area contributed by atoms with Crippen LogP contribution >= 0.6 is 22.6 Å². The van der Waals surface area contributed by atoms with Crippen molar-refractivity contribution >= 4 is 34.8 Å². The number of alkyl halides is 1. The summed E-state index contributed by atoms with van der Waals surface area (Å²) in [7, 11) is 0. The minimum absolute atomic E-state index is 0.0223. The second-order valence-corrected chi connectivity index (χ2v) is 12.8. The van der Waals surface area contributed by atoms with Gasteiger partial charge in [-0.15, -0.1) is 0 Å². The lowest BCUT2D eigenvalue weighted by Crippen LogP contribution is -2.61. The van der Waals surface area contributed by atoms with Crippen molar-refractivity contribution in [3.63, 3.8) is 0 Å². The molecule has 0 spiro atoms. The number of aliphatic hydroxyl groups is 1. The minimum atomic E-state index is -0.540. The molecule has 0 aromatic rings. The standard InChI is InChI=1S/C23H37IN2O5/c1-13(27)9-23-10-14-7-15(11-23)18(17(8-14)19(23)24)30-21(29)26-6-5-16(12-26)25-20(28)31-22(2,3)4/h13-19,27H,5-12H2,1-4H3,(H,25,28). The van der Waals surface area contributed by atoms with Crippen molar-refractivity contribution in [3.8, 4) is 0 Å². The van der Waals surface area contributed by atoms with Gasteiger partial charge in [0.05, 0.1) is 12.1 Å². The zero-order valence-corrected chi connectivity index (χ0v) is 21.3. The Bertz CT molecular complexity index is 707. The lowest BCUT2D eigenvalue weighted by Gasteiger charge is -2.62. The highest BCUT2D eigenvalue weighted by Crippen LogP contribution is 2.64. The first-order chi connectivity index (χ1) is 14.5. The van der Waals surface area contributed by atoms with Gasteiger partial charge in [0.1, 0.15) is 11.7 Å². The summed E-state index contributed by atoms with van der Waals surface area (Å²) in [6.07, 6.45) is 5.11. The molecule has 176 valence electrons. The first-order valence-electron chi connectivity index (χ1n) is 11.7. The molecule has 0 aromatic heterocycles. The molecule has 4 saturated carbocycles. The van der Waals surface area contributed by atoms with E-state index >= 15 is 0 Å². The molecule has 8 heteroatoms. The number of hydrogen-bond donors (Lipinski definition) is 2. The number of halogens is 1. The number of carbonyl (C=O) groups excluding carboxylic acids is 2. The van der Waals surface area contributed by atoms with Crippen molar-refractivity contribution in [2.24, 2.45) is 23.2 Å². The Balaban J connectivity index is 1.33. The van der Waals surface area contributed by atoms with Crippen molar-refractivity contribution < 1.29 is 24.2 Å². The molecule has 5 aliphatic rings. The van der Waals surface area contributed by atoms with Crippen LogP contribution in [0.25, 0.3) is 0 Å². The van der Waals surface area contributed by atoms with Gasteiger partial charge in [-0.25, -0.2) is 9.59 Å². The Kier molecular flexibility index (Phi) is 6.44. The predicted octanol–water partition coefficient (Wildman–Crippen LogP) is 4.10. The molecule has 2 N–H and O–H groups in total. The maximum Gasteiger partial charge on any atom is 0.410 e. The fraction of sp³-hybridized carbons (Fsp3) is 0.913. The minimum Gasteiger partial charge on any atom is -0.445 e. The van der Waals surface area contributed by atoms with Crippen LogP contribution in [0.2, 0.25) is 0 Å². The van der Waals surface area contributed by atoms with Gasteiger partial charge in [-0.1, -0.05) is 22.6 Å². The summed E-state index contributed by atoms with van der Waals surface area (Å²) < 4.78 is 11.9. The number of rotatable bonds is 4. The molecule has 5 fully saturated rings. The van der Waals surface area contributed by atoms with Gasteiger partial charge in [-0.2, -0.15) is 0 Å². The number of amides is 2. The van der Waals surface area contributed by atoms with Gasteiger partial charge in [0.2, 0.25) is 0 Å². The Hall–Kier alpha value is -0.770. The van der Waals surface area contributed by atoms with Gasteiger partial charge < -0.3 is 24.8 Å². The fourth-order valence-electron chi connectivity index (χ4n) is 6.80. The van der Waals surface area contributed by atoms with E-state index in [-0.39, 0.29) is 29.8 Å². The van der Waals surface area contributed by atoms with E-state index in [9.17, 15) is 14.7 Å². The zero-order chi connectivity index (χ0) is 22.6. The van der Waals surface area contributed by atoms with E-state index in [2.05, 4.69) is 27.9 Å². The van der Waals surface area contributed by atoms with Crippen LogP contribution in [0, 0.1) is 23.2 Å². The molecule has 1 saturated heterocycles. The summed E-state index contributed by atoms with van der Waals surface area (Å²) in [5, 5.41) is 13.0. The fourth-order valence-corrected chi connectivity index (χ4v) is 8.26. The van der Waals surface area contributed by atoms with E-state index < -0.39 is 11.7 Å². The van der Waals surface area contributed by atoms with Crippen LogP contribution in [0.5, 0.6) is 0 Å². The highest BCUT2D eigenvalue weighted by molar-refractivity contribution is 14.1. The van der Waals surface area contributed by atoms with E-state index in [1.165, 1.54) is 6.42 Å².